The molecular weight excluding hydrogens is 294 g/mol. The highest BCUT2D eigenvalue weighted by atomic mass is 32.1. The number of hydrogen-bond donors (Lipinski definition) is 1. The van der Waals surface area contributed by atoms with E-state index in [1.807, 2.05) is 26.0 Å². The van der Waals surface area contributed by atoms with Crippen LogP contribution in [0.4, 0.5) is 0 Å². The second-order valence-corrected chi connectivity index (χ2v) is 6.99. The number of hydrogen-bond acceptors (Lipinski definition) is 3. The van der Waals surface area contributed by atoms with Crippen LogP contribution in [0.2, 0.25) is 0 Å². The molecule has 22 heavy (non-hydrogen) atoms. The van der Waals surface area contributed by atoms with E-state index in [2.05, 4.69) is 37.9 Å². The summed E-state index contributed by atoms with van der Waals surface area (Å²) in [6.07, 6.45) is 0. The van der Waals surface area contributed by atoms with Gasteiger partial charge in [0.25, 0.3) is 0 Å². The molecule has 3 nitrogen and oxygen atoms in total. The summed E-state index contributed by atoms with van der Waals surface area (Å²) >= 11 is 1.22. The van der Waals surface area contributed by atoms with E-state index in [-0.39, 0.29) is 5.41 Å². The lowest BCUT2D eigenvalue weighted by atomic mass is 9.86. The number of aromatic carboxylic acids is 1. The molecule has 0 atom stereocenters. The SMILES string of the molecule is CC.CC(C)(C)c1ccc2nc3sc(C(=O)O)cc3cc2c1. The summed E-state index contributed by atoms with van der Waals surface area (Å²) in [6.45, 7) is 10.5. The van der Waals surface area contributed by atoms with Gasteiger partial charge in [0.15, 0.2) is 0 Å². The lowest BCUT2D eigenvalue weighted by Gasteiger charge is -2.19. The minimum atomic E-state index is -0.896. The second kappa shape index (κ2) is 6.05. The maximum atomic E-state index is 11.0. The number of thiophene rings is 1. The zero-order valence-electron chi connectivity index (χ0n) is 13.6. The third-order valence-electron chi connectivity index (χ3n) is 3.38. The van der Waals surface area contributed by atoms with Gasteiger partial charge in [-0.05, 0) is 35.2 Å². The maximum absolute atomic E-state index is 11.0. The van der Waals surface area contributed by atoms with Crippen LogP contribution in [-0.2, 0) is 5.41 Å². The quantitative estimate of drug-likeness (QED) is 0.647. The van der Waals surface area contributed by atoms with Crippen molar-refractivity contribution in [3.63, 3.8) is 0 Å². The molecule has 3 aromatic rings. The number of pyridine rings is 1. The summed E-state index contributed by atoms with van der Waals surface area (Å²) in [5.41, 5.74) is 2.24. The zero-order chi connectivity index (χ0) is 16.5. The van der Waals surface area contributed by atoms with Crippen molar-refractivity contribution in [2.75, 3.05) is 0 Å². The first-order valence-electron chi connectivity index (χ1n) is 7.43. The zero-order valence-corrected chi connectivity index (χ0v) is 14.4. The van der Waals surface area contributed by atoms with Crippen LogP contribution in [0.5, 0.6) is 0 Å². The summed E-state index contributed by atoms with van der Waals surface area (Å²) in [4.78, 5) is 16.7. The summed E-state index contributed by atoms with van der Waals surface area (Å²) in [7, 11) is 0. The van der Waals surface area contributed by atoms with Crippen LogP contribution < -0.4 is 0 Å². The number of fused-ring (bicyclic) bond motifs is 2. The van der Waals surface area contributed by atoms with Gasteiger partial charge >= 0.3 is 5.97 Å². The van der Waals surface area contributed by atoms with Crippen molar-refractivity contribution in [2.24, 2.45) is 0 Å². The van der Waals surface area contributed by atoms with Gasteiger partial charge in [-0.1, -0.05) is 40.7 Å². The van der Waals surface area contributed by atoms with Gasteiger partial charge in [0.1, 0.15) is 9.71 Å². The number of carboxylic acids is 1. The van der Waals surface area contributed by atoms with Crippen LogP contribution in [0.15, 0.2) is 30.3 Å². The van der Waals surface area contributed by atoms with Gasteiger partial charge in [0, 0.05) is 10.8 Å². The average Bonchev–Trinajstić information content (AvgIpc) is 2.88. The Bertz CT molecular complexity index is 828. The summed E-state index contributed by atoms with van der Waals surface area (Å²) in [5, 5.41) is 11.0. The van der Waals surface area contributed by atoms with E-state index < -0.39 is 5.97 Å². The Labute approximate surface area is 134 Å². The maximum Gasteiger partial charge on any atom is 0.345 e. The van der Waals surface area contributed by atoms with Crippen molar-refractivity contribution >= 4 is 38.4 Å². The summed E-state index contributed by atoms with van der Waals surface area (Å²) in [6, 6.07) is 9.96. The van der Waals surface area contributed by atoms with E-state index in [0.717, 1.165) is 21.1 Å². The molecule has 116 valence electrons. The Morgan fingerprint density at radius 3 is 2.36 bits per heavy atom. The summed E-state index contributed by atoms with van der Waals surface area (Å²) in [5.74, 6) is -0.896. The molecule has 0 fully saturated rings. The molecule has 0 saturated carbocycles. The Morgan fingerprint density at radius 1 is 1.09 bits per heavy atom. The van der Waals surface area contributed by atoms with Gasteiger partial charge in [-0.2, -0.15) is 0 Å². The van der Waals surface area contributed by atoms with E-state index in [1.165, 1.54) is 16.9 Å². The predicted octanol–water partition coefficient (Wildman–Crippen LogP) is 5.47. The standard InChI is InChI=1S/C16H15NO2S.C2H6/c1-16(2,3)11-4-5-12-9(7-11)6-10-8-13(15(18)19)20-14(10)17-12;1-2/h4-8H,1-3H3,(H,18,19);1-2H3. The Kier molecular flexibility index (Phi) is 4.52. The first-order valence-corrected chi connectivity index (χ1v) is 8.24. The van der Waals surface area contributed by atoms with Gasteiger partial charge in [-0.15, -0.1) is 11.3 Å². The lowest BCUT2D eigenvalue weighted by Crippen LogP contribution is -2.10. The highest BCUT2D eigenvalue weighted by Crippen LogP contribution is 2.30. The van der Waals surface area contributed by atoms with Crippen LogP contribution in [0.1, 0.15) is 49.9 Å². The molecule has 2 heterocycles. The van der Waals surface area contributed by atoms with Crippen molar-refractivity contribution in [1.82, 2.24) is 4.98 Å². The third-order valence-corrected chi connectivity index (χ3v) is 4.41. The minimum Gasteiger partial charge on any atom is -0.477 e. The largest absolute Gasteiger partial charge is 0.477 e. The molecule has 2 aromatic heterocycles. The fraction of sp³-hybridized carbons (Fsp3) is 0.333. The van der Waals surface area contributed by atoms with E-state index in [0.29, 0.717) is 4.88 Å². The fourth-order valence-corrected chi connectivity index (χ4v) is 3.07. The molecule has 0 amide bonds. The molecular formula is C18H21NO2S. The number of carboxylic acid groups (broad SMARTS) is 1. The molecule has 3 rings (SSSR count). The van der Waals surface area contributed by atoms with Gasteiger partial charge in [-0.25, -0.2) is 9.78 Å². The van der Waals surface area contributed by atoms with Crippen molar-refractivity contribution in [3.05, 3.63) is 40.8 Å². The van der Waals surface area contributed by atoms with Crippen LogP contribution in [-0.4, -0.2) is 16.1 Å². The molecule has 4 heteroatoms. The third kappa shape index (κ3) is 3.12. The molecule has 0 aliphatic rings. The Balaban J connectivity index is 0.000000847. The molecule has 1 aromatic carbocycles. The number of rotatable bonds is 1. The molecule has 0 aliphatic carbocycles. The highest BCUT2D eigenvalue weighted by molar-refractivity contribution is 7.20. The molecule has 0 unspecified atom stereocenters. The van der Waals surface area contributed by atoms with Crippen molar-refractivity contribution < 1.29 is 9.90 Å². The van der Waals surface area contributed by atoms with Crippen LogP contribution in [0.3, 0.4) is 0 Å². The monoisotopic (exact) mass is 315 g/mol. The number of benzene rings is 1. The van der Waals surface area contributed by atoms with E-state index in [9.17, 15) is 4.79 Å². The number of carbonyl (C=O) groups is 1. The molecule has 1 N–H and O–H groups in total. The average molecular weight is 315 g/mol. The first kappa shape index (κ1) is 16.4. The van der Waals surface area contributed by atoms with Crippen LogP contribution in [0.25, 0.3) is 21.1 Å². The van der Waals surface area contributed by atoms with Crippen molar-refractivity contribution in [1.29, 1.82) is 0 Å². The lowest BCUT2D eigenvalue weighted by molar-refractivity contribution is 0.0702. The fourth-order valence-electron chi connectivity index (χ4n) is 2.21. The minimum absolute atomic E-state index is 0.0873. The van der Waals surface area contributed by atoms with Crippen LogP contribution in [0, 0.1) is 0 Å². The molecule has 0 saturated heterocycles. The van der Waals surface area contributed by atoms with Crippen molar-refractivity contribution in [2.45, 2.75) is 40.0 Å². The van der Waals surface area contributed by atoms with E-state index >= 15 is 0 Å². The van der Waals surface area contributed by atoms with E-state index in [1.54, 1.807) is 6.07 Å². The molecule has 0 bridgehead atoms. The molecule has 0 spiro atoms. The van der Waals surface area contributed by atoms with Crippen LogP contribution >= 0.6 is 11.3 Å². The van der Waals surface area contributed by atoms with Gasteiger partial charge in [0.05, 0.1) is 5.52 Å². The number of aromatic nitrogens is 1. The number of nitrogens with zero attached hydrogens (tertiary/aromatic N) is 1. The Hall–Kier alpha value is -1.94. The summed E-state index contributed by atoms with van der Waals surface area (Å²) < 4.78 is 0. The molecule has 0 radical (unpaired) electrons. The van der Waals surface area contributed by atoms with E-state index in [4.69, 9.17) is 5.11 Å². The smallest absolute Gasteiger partial charge is 0.345 e. The predicted molar refractivity (Wildman–Crippen MR) is 94.1 cm³/mol. The van der Waals surface area contributed by atoms with Gasteiger partial charge < -0.3 is 5.11 Å². The van der Waals surface area contributed by atoms with Crippen molar-refractivity contribution in [3.8, 4) is 0 Å². The first-order chi connectivity index (χ1) is 10.3. The van der Waals surface area contributed by atoms with Gasteiger partial charge in [0.2, 0.25) is 0 Å². The topological polar surface area (TPSA) is 50.2 Å². The Morgan fingerprint density at radius 2 is 1.77 bits per heavy atom. The van der Waals surface area contributed by atoms with Gasteiger partial charge in [-0.3, -0.25) is 0 Å². The second-order valence-electron chi connectivity index (χ2n) is 5.96. The highest BCUT2D eigenvalue weighted by Gasteiger charge is 2.15. The normalized spacial score (nSPS) is 11.3. The molecule has 0 aliphatic heterocycles.